The van der Waals surface area contributed by atoms with Crippen LogP contribution in [0.1, 0.15) is 50.5 Å². The van der Waals surface area contributed by atoms with E-state index in [1.54, 1.807) is 0 Å². The summed E-state index contributed by atoms with van der Waals surface area (Å²) in [6.45, 7) is 5.72. The molecule has 1 aromatic rings. The Morgan fingerprint density at radius 3 is 3.15 bits per heavy atom. The van der Waals surface area contributed by atoms with E-state index in [2.05, 4.69) is 29.6 Å². The van der Waals surface area contributed by atoms with Crippen molar-refractivity contribution in [1.29, 1.82) is 0 Å². The summed E-state index contributed by atoms with van der Waals surface area (Å²) in [7, 11) is 0. The normalized spacial score (nSPS) is 18.3. The highest BCUT2D eigenvalue weighted by molar-refractivity contribution is 5.11. The third kappa shape index (κ3) is 1.50. The number of imidazole rings is 1. The van der Waals surface area contributed by atoms with Gasteiger partial charge in [0.15, 0.2) is 0 Å². The zero-order valence-electron chi connectivity index (χ0n) is 8.58. The molecule has 0 aliphatic carbocycles. The topological polar surface area (TPSA) is 17.8 Å². The standard InChI is InChI=1S/C11H18N2/c1-3-9(2)10-8-12-11-6-4-5-7-13(10)11/h8-9H,3-7H2,1-2H3. The Morgan fingerprint density at radius 1 is 1.54 bits per heavy atom. The van der Waals surface area contributed by atoms with Gasteiger partial charge < -0.3 is 4.57 Å². The summed E-state index contributed by atoms with van der Waals surface area (Å²) >= 11 is 0. The second kappa shape index (κ2) is 3.52. The third-order valence-corrected chi connectivity index (χ3v) is 3.12. The van der Waals surface area contributed by atoms with E-state index in [-0.39, 0.29) is 0 Å². The molecule has 0 spiro atoms. The summed E-state index contributed by atoms with van der Waals surface area (Å²) < 4.78 is 2.43. The molecule has 2 rings (SSSR count). The molecule has 2 heteroatoms. The van der Waals surface area contributed by atoms with Crippen molar-refractivity contribution in [2.45, 2.75) is 52.0 Å². The van der Waals surface area contributed by atoms with Crippen LogP contribution in [0.2, 0.25) is 0 Å². The first-order valence-electron chi connectivity index (χ1n) is 5.37. The zero-order valence-corrected chi connectivity index (χ0v) is 8.58. The Balaban J connectivity index is 2.31. The molecule has 0 fully saturated rings. The van der Waals surface area contributed by atoms with E-state index < -0.39 is 0 Å². The van der Waals surface area contributed by atoms with Crippen LogP contribution in [-0.4, -0.2) is 9.55 Å². The van der Waals surface area contributed by atoms with Gasteiger partial charge in [0.05, 0.1) is 0 Å². The number of hydrogen-bond donors (Lipinski definition) is 0. The van der Waals surface area contributed by atoms with Gasteiger partial charge in [-0.15, -0.1) is 0 Å². The molecule has 0 N–H and O–H groups in total. The van der Waals surface area contributed by atoms with E-state index in [0.717, 1.165) is 0 Å². The van der Waals surface area contributed by atoms with Gasteiger partial charge in [-0.05, 0) is 25.2 Å². The number of aryl methyl sites for hydroxylation is 1. The molecule has 0 saturated carbocycles. The van der Waals surface area contributed by atoms with Crippen LogP contribution >= 0.6 is 0 Å². The molecule has 2 nitrogen and oxygen atoms in total. The van der Waals surface area contributed by atoms with Gasteiger partial charge in [0.1, 0.15) is 5.82 Å². The second-order valence-corrected chi connectivity index (χ2v) is 4.02. The van der Waals surface area contributed by atoms with Crippen molar-refractivity contribution in [3.05, 3.63) is 17.7 Å². The predicted octanol–water partition coefficient (Wildman–Crippen LogP) is 2.73. The van der Waals surface area contributed by atoms with Crippen LogP contribution in [0.15, 0.2) is 6.20 Å². The molecule has 2 heterocycles. The highest BCUT2D eigenvalue weighted by Crippen LogP contribution is 2.23. The van der Waals surface area contributed by atoms with Crippen molar-refractivity contribution < 1.29 is 0 Å². The van der Waals surface area contributed by atoms with E-state index in [1.165, 1.54) is 43.7 Å². The molecule has 0 amide bonds. The molecule has 0 bridgehead atoms. The van der Waals surface area contributed by atoms with Crippen LogP contribution < -0.4 is 0 Å². The van der Waals surface area contributed by atoms with Crippen molar-refractivity contribution >= 4 is 0 Å². The minimum Gasteiger partial charge on any atom is -0.332 e. The second-order valence-electron chi connectivity index (χ2n) is 4.02. The van der Waals surface area contributed by atoms with E-state index in [1.807, 2.05) is 0 Å². The lowest BCUT2D eigenvalue weighted by Crippen LogP contribution is -2.14. The quantitative estimate of drug-likeness (QED) is 0.681. The number of nitrogens with zero attached hydrogens (tertiary/aromatic N) is 2. The lowest BCUT2D eigenvalue weighted by Gasteiger charge is -2.18. The Morgan fingerprint density at radius 2 is 2.38 bits per heavy atom. The zero-order chi connectivity index (χ0) is 9.26. The highest BCUT2D eigenvalue weighted by Gasteiger charge is 2.16. The summed E-state index contributed by atoms with van der Waals surface area (Å²) in [5.41, 5.74) is 1.44. The minimum atomic E-state index is 0.666. The van der Waals surface area contributed by atoms with E-state index in [0.29, 0.717) is 5.92 Å². The summed E-state index contributed by atoms with van der Waals surface area (Å²) in [5.74, 6) is 1.97. The largest absolute Gasteiger partial charge is 0.332 e. The molecule has 1 unspecified atom stereocenters. The Kier molecular flexibility index (Phi) is 2.38. The van der Waals surface area contributed by atoms with Crippen LogP contribution in [-0.2, 0) is 13.0 Å². The van der Waals surface area contributed by atoms with Crippen LogP contribution in [0.3, 0.4) is 0 Å². The fraction of sp³-hybridized carbons (Fsp3) is 0.727. The molecule has 1 atom stereocenters. The van der Waals surface area contributed by atoms with Crippen LogP contribution in [0.5, 0.6) is 0 Å². The SMILES string of the molecule is CCC(C)c1cnc2n1CCCC2. The van der Waals surface area contributed by atoms with Gasteiger partial charge in [0.2, 0.25) is 0 Å². The lowest BCUT2D eigenvalue weighted by molar-refractivity contribution is 0.494. The highest BCUT2D eigenvalue weighted by atomic mass is 15.1. The molecule has 1 aromatic heterocycles. The molecule has 13 heavy (non-hydrogen) atoms. The molecule has 1 aliphatic rings. The number of hydrogen-bond acceptors (Lipinski definition) is 1. The van der Waals surface area contributed by atoms with Gasteiger partial charge >= 0.3 is 0 Å². The van der Waals surface area contributed by atoms with Gasteiger partial charge in [-0.3, -0.25) is 0 Å². The van der Waals surface area contributed by atoms with Crippen molar-refractivity contribution in [3.8, 4) is 0 Å². The predicted molar refractivity (Wildman–Crippen MR) is 53.9 cm³/mol. The van der Waals surface area contributed by atoms with Gasteiger partial charge in [-0.25, -0.2) is 4.98 Å². The van der Waals surface area contributed by atoms with Crippen molar-refractivity contribution in [2.24, 2.45) is 0 Å². The minimum absolute atomic E-state index is 0.666. The van der Waals surface area contributed by atoms with Crippen molar-refractivity contribution in [2.75, 3.05) is 0 Å². The summed E-state index contributed by atoms with van der Waals surface area (Å²) in [6.07, 6.45) is 7.11. The molecule has 72 valence electrons. The first-order valence-corrected chi connectivity index (χ1v) is 5.37. The average Bonchev–Trinajstić information content (AvgIpc) is 2.60. The monoisotopic (exact) mass is 178 g/mol. The third-order valence-electron chi connectivity index (χ3n) is 3.12. The Labute approximate surface area is 80.0 Å². The molecule has 0 radical (unpaired) electrons. The summed E-state index contributed by atoms with van der Waals surface area (Å²) in [4.78, 5) is 4.49. The van der Waals surface area contributed by atoms with Gasteiger partial charge in [0.25, 0.3) is 0 Å². The molecule has 0 saturated heterocycles. The first kappa shape index (κ1) is 8.79. The Hall–Kier alpha value is -0.790. The average molecular weight is 178 g/mol. The fourth-order valence-electron chi connectivity index (χ4n) is 2.04. The van der Waals surface area contributed by atoms with Crippen LogP contribution in [0.4, 0.5) is 0 Å². The molecular weight excluding hydrogens is 160 g/mol. The number of rotatable bonds is 2. The van der Waals surface area contributed by atoms with Gasteiger partial charge in [0, 0.05) is 24.9 Å². The van der Waals surface area contributed by atoms with Crippen LogP contribution in [0.25, 0.3) is 0 Å². The van der Waals surface area contributed by atoms with Crippen LogP contribution in [0, 0.1) is 0 Å². The summed E-state index contributed by atoms with van der Waals surface area (Å²) in [6, 6.07) is 0. The maximum atomic E-state index is 4.49. The summed E-state index contributed by atoms with van der Waals surface area (Å²) in [5, 5.41) is 0. The maximum Gasteiger partial charge on any atom is 0.108 e. The van der Waals surface area contributed by atoms with E-state index in [4.69, 9.17) is 0 Å². The van der Waals surface area contributed by atoms with Crippen molar-refractivity contribution in [1.82, 2.24) is 9.55 Å². The molecule has 1 aliphatic heterocycles. The first-order chi connectivity index (χ1) is 6.33. The molecular formula is C11H18N2. The number of aromatic nitrogens is 2. The fourth-order valence-corrected chi connectivity index (χ4v) is 2.04. The molecule has 0 aromatic carbocycles. The van der Waals surface area contributed by atoms with E-state index >= 15 is 0 Å². The van der Waals surface area contributed by atoms with Gasteiger partial charge in [-0.2, -0.15) is 0 Å². The maximum absolute atomic E-state index is 4.49. The van der Waals surface area contributed by atoms with Crippen molar-refractivity contribution in [3.63, 3.8) is 0 Å². The van der Waals surface area contributed by atoms with Gasteiger partial charge in [-0.1, -0.05) is 13.8 Å². The van der Waals surface area contributed by atoms with E-state index in [9.17, 15) is 0 Å². The Bertz CT molecular complexity index is 288. The number of fused-ring (bicyclic) bond motifs is 1. The lowest BCUT2D eigenvalue weighted by atomic mass is 10.0. The smallest absolute Gasteiger partial charge is 0.108 e.